The van der Waals surface area contributed by atoms with Crippen LogP contribution < -0.4 is 16.2 Å². The summed E-state index contributed by atoms with van der Waals surface area (Å²) in [7, 11) is 0. The monoisotopic (exact) mass is 355 g/mol. The molecule has 1 saturated heterocycles. The molecule has 2 atom stereocenters. The minimum Gasteiger partial charge on any atom is -0.292 e. The molecule has 2 fully saturated rings. The largest absolute Gasteiger partial charge is 0.292 e. The van der Waals surface area contributed by atoms with Gasteiger partial charge < -0.3 is 0 Å². The van der Waals surface area contributed by atoms with Crippen molar-refractivity contribution >= 4 is 11.9 Å². The predicted octanol–water partition coefficient (Wildman–Crippen LogP) is 1.87. The number of carbonyl (C=O) groups excluding carboxylic acids is 1. The first kappa shape index (κ1) is 17.1. The summed E-state index contributed by atoms with van der Waals surface area (Å²) in [4.78, 5) is 21.2. The number of pyridine rings is 1. The van der Waals surface area contributed by atoms with Gasteiger partial charge in [0.2, 0.25) is 11.9 Å². The van der Waals surface area contributed by atoms with E-state index in [4.69, 9.17) is 0 Å². The van der Waals surface area contributed by atoms with E-state index in [1.165, 1.54) is 25.7 Å². The van der Waals surface area contributed by atoms with Gasteiger partial charge in [0.15, 0.2) is 0 Å². The summed E-state index contributed by atoms with van der Waals surface area (Å²) in [6.45, 7) is 0. The zero-order chi connectivity index (χ0) is 17.8. The van der Waals surface area contributed by atoms with Gasteiger partial charge in [0, 0.05) is 12.6 Å². The maximum atomic E-state index is 12.4. The van der Waals surface area contributed by atoms with Gasteiger partial charge >= 0.3 is 0 Å². The number of H-pyrrole nitrogens is 1. The molecule has 2 aromatic heterocycles. The molecule has 1 saturated carbocycles. The minimum absolute atomic E-state index is 0.0149. The quantitative estimate of drug-likeness (QED) is 0.630. The maximum Gasteiger partial charge on any atom is 0.248 e. The predicted molar refractivity (Wildman–Crippen MR) is 96.9 cm³/mol. The van der Waals surface area contributed by atoms with Gasteiger partial charge in [-0.15, -0.1) is 5.10 Å². The molecule has 2 unspecified atom stereocenters. The van der Waals surface area contributed by atoms with Crippen LogP contribution in [0.3, 0.4) is 0 Å². The number of amides is 1. The normalized spacial score (nSPS) is 23.4. The van der Waals surface area contributed by atoms with Crippen molar-refractivity contribution in [2.24, 2.45) is 5.92 Å². The summed E-state index contributed by atoms with van der Waals surface area (Å²) in [5, 5.41) is 9.85. The molecule has 1 amide bonds. The van der Waals surface area contributed by atoms with Gasteiger partial charge in [-0.05, 0) is 30.9 Å². The third-order valence-electron chi connectivity index (χ3n) is 5.30. The topological polar surface area (TPSA) is 108 Å². The van der Waals surface area contributed by atoms with E-state index in [0.717, 1.165) is 30.3 Å². The van der Waals surface area contributed by atoms with Crippen LogP contribution in [-0.2, 0) is 11.2 Å². The van der Waals surface area contributed by atoms with Gasteiger partial charge in [-0.1, -0.05) is 31.7 Å². The first-order valence-electron chi connectivity index (χ1n) is 9.42. The van der Waals surface area contributed by atoms with Crippen molar-refractivity contribution in [1.29, 1.82) is 0 Å². The van der Waals surface area contributed by atoms with E-state index >= 15 is 0 Å². The van der Waals surface area contributed by atoms with Gasteiger partial charge in [-0.2, -0.15) is 4.98 Å². The molecule has 0 spiro atoms. The van der Waals surface area contributed by atoms with Crippen molar-refractivity contribution in [3.63, 3.8) is 0 Å². The number of aromatic nitrogens is 4. The van der Waals surface area contributed by atoms with E-state index in [1.54, 1.807) is 6.20 Å². The second-order valence-corrected chi connectivity index (χ2v) is 7.17. The summed E-state index contributed by atoms with van der Waals surface area (Å²) in [6, 6.07) is 5.44. The number of hydrogen-bond acceptors (Lipinski definition) is 6. The molecule has 0 radical (unpaired) electrons. The molecular weight excluding hydrogens is 330 g/mol. The molecule has 2 aromatic rings. The Hall–Kier alpha value is -2.32. The van der Waals surface area contributed by atoms with Gasteiger partial charge in [0.25, 0.3) is 0 Å². The summed E-state index contributed by atoms with van der Waals surface area (Å²) in [5.41, 5.74) is 7.07. The molecule has 3 heterocycles. The average Bonchev–Trinajstić information content (AvgIpc) is 3.42. The van der Waals surface area contributed by atoms with Crippen LogP contribution in [0.5, 0.6) is 0 Å². The summed E-state index contributed by atoms with van der Waals surface area (Å²) in [6.07, 6.45) is 9.77. The number of aromatic amines is 1. The van der Waals surface area contributed by atoms with E-state index < -0.39 is 0 Å². The van der Waals surface area contributed by atoms with Crippen molar-refractivity contribution in [2.45, 2.75) is 57.0 Å². The summed E-state index contributed by atoms with van der Waals surface area (Å²) >= 11 is 0. The fourth-order valence-corrected chi connectivity index (χ4v) is 3.80. The van der Waals surface area contributed by atoms with Gasteiger partial charge in [0.1, 0.15) is 11.9 Å². The van der Waals surface area contributed by atoms with Crippen molar-refractivity contribution in [3.8, 4) is 0 Å². The highest BCUT2D eigenvalue weighted by molar-refractivity contribution is 5.93. The standard InChI is InChI=1S/C18H25N7O/c26-17(15-11-14(22-23-15)13-7-3-4-10-19-13)21-18-20-16(24-25-18)9-8-12-5-1-2-6-12/h3-4,7,10,12,14-15,22-23H,1-2,5-6,8-9,11H2,(H2,20,21,24,25,26). The number of hydrogen-bond donors (Lipinski definition) is 4. The molecule has 138 valence electrons. The number of carbonyl (C=O) groups is 1. The lowest BCUT2D eigenvalue weighted by Gasteiger charge is -2.08. The fraction of sp³-hybridized carbons (Fsp3) is 0.556. The van der Waals surface area contributed by atoms with E-state index in [-0.39, 0.29) is 18.0 Å². The number of hydrazine groups is 1. The molecule has 2 aliphatic rings. The number of anilines is 1. The SMILES string of the molecule is O=C(Nc1n[nH]c(CCC2CCCC2)n1)C1CC(c2ccccn2)NN1. The van der Waals surface area contributed by atoms with Crippen LogP contribution in [0.25, 0.3) is 0 Å². The molecule has 4 N–H and O–H groups in total. The molecule has 26 heavy (non-hydrogen) atoms. The van der Waals surface area contributed by atoms with Crippen LogP contribution in [0.2, 0.25) is 0 Å². The first-order chi connectivity index (χ1) is 12.8. The number of nitrogens with zero attached hydrogens (tertiary/aromatic N) is 3. The highest BCUT2D eigenvalue weighted by atomic mass is 16.2. The second kappa shape index (κ2) is 7.92. The lowest BCUT2D eigenvalue weighted by atomic mass is 10.0. The van der Waals surface area contributed by atoms with Crippen LogP contribution in [-0.4, -0.2) is 32.1 Å². The minimum atomic E-state index is -0.345. The Labute approximate surface area is 152 Å². The highest BCUT2D eigenvalue weighted by Crippen LogP contribution is 2.28. The molecule has 1 aliphatic carbocycles. The Morgan fingerprint density at radius 3 is 2.92 bits per heavy atom. The van der Waals surface area contributed by atoms with Crippen LogP contribution in [0, 0.1) is 5.92 Å². The summed E-state index contributed by atoms with van der Waals surface area (Å²) in [5.74, 6) is 1.86. The van der Waals surface area contributed by atoms with Crippen LogP contribution in [0.15, 0.2) is 24.4 Å². The molecule has 1 aliphatic heterocycles. The Balaban J connectivity index is 1.27. The Morgan fingerprint density at radius 2 is 2.12 bits per heavy atom. The van der Waals surface area contributed by atoms with E-state index in [9.17, 15) is 4.79 Å². The second-order valence-electron chi connectivity index (χ2n) is 7.17. The molecule has 8 nitrogen and oxygen atoms in total. The third-order valence-corrected chi connectivity index (χ3v) is 5.30. The number of aryl methyl sites for hydroxylation is 1. The van der Waals surface area contributed by atoms with Gasteiger partial charge in [-0.25, -0.2) is 10.9 Å². The Morgan fingerprint density at radius 1 is 1.23 bits per heavy atom. The maximum absolute atomic E-state index is 12.4. The molecule has 0 aromatic carbocycles. The van der Waals surface area contributed by atoms with Crippen molar-refractivity contribution in [1.82, 2.24) is 31.0 Å². The Kier molecular flexibility index (Phi) is 5.21. The number of nitrogens with one attached hydrogen (secondary N) is 4. The van der Waals surface area contributed by atoms with Crippen molar-refractivity contribution in [2.75, 3.05) is 5.32 Å². The van der Waals surface area contributed by atoms with Crippen LogP contribution >= 0.6 is 0 Å². The first-order valence-corrected chi connectivity index (χ1v) is 9.42. The zero-order valence-corrected chi connectivity index (χ0v) is 14.7. The third kappa shape index (κ3) is 4.08. The van der Waals surface area contributed by atoms with E-state index in [1.807, 2.05) is 18.2 Å². The van der Waals surface area contributed by atoms with Gasteiger partial charge in [-0.3, -0.25) is 20.2 Å². The lowest BCUT2D eigenvalue weighted by molar-refractivity contribution is -0.117. The lowest BCUT2D eigenvalue weighted by Crippen LogP contribution is -2.39. The van der Waals surface area contributed by atoms with Crippen LogP contribution in [0.1, 0.15) is 56.1 Å². The molecule has 0 bridgehead atoms. The molecule has 8 heteroatoms. The molecule has 4 rings (SSSR count). The zero-order valence-electron chi connectivity index (χ0n) is 14.7. The van der Waals surface area contributed by atoms with Gasteiger partial charge in [0.05, 0.1) is 11.7 Å². The fourth-order valence-electron chi connectivity index (χ4n) is 3.80. The Bertz CT molecular complexity index is 726. The summed E-state index contributed by atoms with van der Waals surface area (Å²) < 4.78 is 0. The van der Waals surface area contributed by atoms with Crippen molar-refractivity contribution < 1.29 is 4.79 Å². The van der Waals surface area contributed by atoms with Crippen LogP contribution in [0.4, 0.5) is 5.95 Å². The smallest absolute Gasteiger partial charge is 0.248 e. The molecular formula is C18H25N7O. The van der Waals surface area contributed by atoms with E-state index in [2.05, 4.69) is 36.3 Å². The van der Waals surface area contributed by atoms with E-state index in [0.29, 0.717) is 12.4 Å². The average molecular weight is 355 g/mol. The number of rotatable bonds is 6. The highest BCUT2D eigenvalue weighted by Gasteiger charge is 2.31. The van der Waals surface area contributed by atoms with Crippen molar-refractivity contribution in [3.05, 3.63) is 35.9 Å².